The van der Waals surface area contributed by atoms with Gasteiger partial charge in [0.05, 0.1) is 0 Å². The first kappa shape index (κ1) is 9.93. The molecule has 1 nitrogen and oxygen atoms in total. The molecule has 1 N–H and O–H groups in total. The van der Waals surface area contributed by atoms with E-state index in [4.69, 9.17) is 12.2 Å². The lowest BCUT2D eigenvalue weighted by atomic mass is 10.0. The second-order valence-corrected chi connectivity index (χ2v) is 5.32. The Kier molecular flexibility index (Phi) is 3.07. The third kappa shape index (κ3) is 1.96. The van der Waals surface area contributed by atoms with Gasteiger partial charge in [-0.25, -0.2) is 0 Å². The van der Waals surface area contributed by atoms with E-state index in [0.29, 0.717) is 11.8 Å². The van der Waals surface area contributed by atoms with Gasteiger partial charge < -0.3 is 4.98 Å². The Morgan fingerprint density at radius 3 is 2.08 bits per heavy atom. The van der Waals surface area contributed by atoms with Crippen LogP contribution < -0.4 is 0 Å². The molecule has 1 aromatic heterocycles. The van der Waals surface area contributed by atoms with Gasteiger partial charge in [-0.1, -0.05) is 27.7 Å². The molecular weight excluding hydrogens is 186 g/mol. The summed E-state index contributed by atoms with van der Waals surface area (Å²) in [6, 6.07) is 0. The van der Waals surface area contributed by atoms with Crippen LogP contribution >= 0.6 is 23.6 Å². The fraction of sp³-hybridized carbons (Fsp3) is 0.667. The minimum absolute atomic E-state index is 0.551. The minimum atomic E-state index is 0.551. The average molecular weight is 201 g/mol. The number of hydrogen-bond donors (Lipinski definition) is 1. The quantitative estimate of drug-likeness (QED) is 0.714. The summed E-state index contributed by atoms with van der Waals surface area (Å²) >= 11 is 6.83. The molecule has 68 valence electrons. The van der Waals surface area contributed by atoms with E-state index in [0.717, 1.165) is 3.95 Å². The number of H-pyrrole nitrogens is 1. The molecule has 0 aromatic carbocycles. The van der Waals surface area contributed by atoms with E-state index in [2.05, 4.69) is 32.7 Å². The van der Waals surface area contributed by atoms with Gasteiger partial charge in [0.2, 0.25) is 0 Å². The number of nitrogens with one attached hydrogen (secondary N) is 1. The van der Waals surface area contributed by atoms with E-state index >= 15 is 0 Å². The van der Waals surface area contributed by atoms with Crippen LogP contribution in [-0.2, 0) is 0 Å². The molecular formula is C9H15NS2. The van der Waals surface area contributed by atoms with Gasteiger partial charge in [-0.3, -0.25) is 0 Å². The maximum absolute atomic E-state index is 5.12. The number of aromatic amines is 1. The van der Waals surface area contributed by atoms with Crippen molar-refractivity contribution in [1.29, 1.82) is 0 Å². The van der Waals surface area contributed by atoms with E-state index in [9.17, 15) is 0 Å². The third-order valence-electron chi connectivity index (χ3n) is 1.81. The summed E-state index contributed by atoms with van der Waals surface area (Å²) in [6.07, 6.45) is 0. The second-order valence-electron chi connectivity index (χ2n) is 3.60. The fourth-order valence-corrected chi connectivity index (χ4v) is 2.58. The molecule has 12 heavy (non-hydrogen) atoms. The Morgan fingerprint density at radius 1 is 1.17 bits per heavy atom. The van der Waals surface area contributed by atoms with Crippen molar-refractivity contribution < 1.29 is 0 Å². The van der Waals surface area contributed by atoms with Crippen LogP contribution in [-0.4, -0.2) is 4.98 Å². The van der Waals surface area contributed by atoms with Crippen LogP contribution in [0, 0.1) is 3.95 Å². The highest BCUT2D eigenvalue weighted by Crippen LogP contribution is 2.29. The van der Waals surface area contributed by atoms with Crippen molar-refractivity contribution in [3.05, 3.63) is 14.5 Å². The molecule has 1 heterocycles. The number of hydrogen-bond acceptors (Lipinski definition) is 2. The summed E-state index contributed by atoms with van der Waals surface area (Å²) in [7, 11) is 0. The van der Waals surface area contributed by atoms with Crippen molar-refractivity contribution in [3.63, 3.8) is 0 Å². The monoisotopic (exact) mass is 201 g/mol. The summed E-state index contributed by atoms with van der Waals surface area (Å²) in [6.45, 7) is 8.80. The predicted molar refractivity (Wildman–Crippen MR) is 57.7 cm³/mol. The number of thiazole rings is 1. The zero-order chi connectivity index (χ0) is 9.30. The van der Waals surface area contributed by atoms with Gasteiger partial charge in [0, 0.05) is 10.6 Å². The van der Waals surface area contributed by atoms with Gasteiger partial charge in [0.15, 0.2) is 3.95 Å². The van der Waals surface area contributed by atoms with E-state index in [1.165, 1.54) is 10.6 Å². The first-order chi connectivity index (χ1) is 5.52. The van der Waals surface area contributed by atoms with Crippen LogP contribution in [0.15, 0.2) is 0 Å². The maximum atomic E-state index is 5.12. The van der Waals surface area contributed by atoms with Crippen LogP contribution in [0.4, 0.5) is 0 Å². The molecule has 0 atom stereocenters. The molecule has 3 heteroatoms. The van der Waals surface area contributed by atoms with Gasteiger partial charge >= 0.3 is 0 Å². The molecule has 1 rings (SSSR count). The van der Waals surface area contributed by atoms with E-state index < -0.39 is 0 Å². The number of aromatic nitrogens is 1. The molecule has 0 aliphatic heterocycles. The molecule has 1 aromatic rings. The maximum Gasteiger partial charge on any atom is 0.158 e. The Labute approximate surface area is 82.8 Å². The van der Waals surface area contributed by atoms with Crippen LogP contribution in [0.3, 0.4) is 0 Å². The largest absolute Gasteiger partial charge is 0.340 e. The first-order valence-corrected chi connectivity index (χ1v) is 5.47. The molecule has 0 radical (unpaired) electrons. The molecule has 0 aliphatic rings. The Morgan fingerprint density at radius 2 is 1.75 bits per heavy atom. The zero-order valence-corrected chi connectivity index (χ0v) is 9.60. The van der Waals surface area contributed by atoms with Gasteiger partial charge in [0.1, 0.15) is 0 Å². The summed E-state index contributed by atoms with van der Waals surface area (Å²) < 4.78 is 0.905. The molecule has 0 fully saturated rings. The molecule has 0 saturated heterocycles. The van der Waals surface area contributed by atoms with E-state index in [-0.39, 0.29) is 0 Å². The van der Waals surface area contributed by atoms with E-state index in [1.807, 2.05) is 0 Å². The zero-order valence-electron chi connectivity index (χ0n) is 7.97. The highest BCUT2D eigenvalue weighted by molar-refractivity contribution is 7.73. The SMILES string of the molecule is CC(C)c1[nH]c(=S)sc1C(C)C. The van der Waals surface area contributed by atoms with Crippen molar-refractivity contribution >= 4 is 23.6 Å². The lowest BCUT2D eigenvalue weighted by molar-refractivity contribution is 0.780. The van der Waals surface area contributed by atoms with Gasteiger partial charge in [0.25, 0.3) is 0 Å². The Hall–Kier alpha value is -0.150. The molecule has 0 amide bonds. The van der Waals surface area contributed by atoms with E-state index in [1.54, 1.807) is 11.3 Å². The molecule has 0 saturated carbocycles. The molecule has 0 spiro atoms. The van der Waals surface area contributed by atoms with Crippen molar-refractivity contribution in [2.24, 2.45) is 0 Å². The lowest BCUT2D eigenvalue weighted by Crippen LogP contribution is -1.94. The lowest BCUT2D eigenvalue weighted by Gasteiger charge is -2.08. The van der Waals surface area contributed by atoms with Crippen molar-refractivity contribution in [1.82, 2.24) is 4.98 Å². The van der Waals surface area contributed by atoms with Gasteiger partial charge in [-0.05, 0) is 24.1 Å². The third-order valence-corrected chi connectivity index (χ3v) is 3.36. The fourth-order valence-electron chi connectivity index (χ4n) is 1.21. The van der Waals surface area contributed by atoms with Gasteiger partial charge in [-0.15, -0.1) is 11.3 Å². The Balaban J connectivity index is 3.17. The predicted octanol–water partition coefficient (Wildman–Crippen LogP) is 4.05. The molecule has 0 unspecified atom stereocenters. The highest BCUT2D eigenvalue weighted by Gasteiger charge is 2.12. The van der Waals surface area contributed by atoms with Gasteiger partial charge in [-0.2, -0.15) is 0 Å². The molecule has 0 aliphatic carbocycles. The first-order valence-electron chi connectivity index (χ1n) is 4.25. The van der Waals surface area contributed by atoms with Crippen molar-refractivity contribution in [3.8, 4) is 0 Å². The van der Waals surface area contributed by atoms with Crippen LogP contribution in [0.5, 0.6) is 0 Å². The Bertz CT molecular complexity index is 278. The normalized spacial score (nSPS) is 11.5. The number of rotatable bonds is 2. The van der Waals surface area contributed by atoms with Crippen molar-refractivity contribution in [2.75, 3.05) is 0 Å². The van der Waals surface area contributed by atoms with Crippen LogP contribution in [0.25, 0.3) is 0 Å². The topological polar surface area (TPSA) is 15.8 Å². The minimum Gasteiger partial charge on any atom is -0.340 e. The second kappa shape index (κ2) is 3.71. The summed E-state index contributed by atoms with van der Waals surface area (Å²) in [5.74, 6) is 1.13. The summed E-state index contributed by atoms with van der Waals surface area (Å²) in [5, 5.41) is 0. The smallest absolute Gasteiger partial charge is 0.158 e. The highest BCUT2D eigenvalue weighted by atomic mass is 32.1. The summed E-state index contributed by atoms with van der Waals surface area (Å²) in [4.78, 5) is 4.67. The average Bonchev–Trinajstić information content (AvgIpc) is 2.31. The van der Waals surface area contributed by atoms with Crippen LogP contribution in [0.1, 0.15) is 50.1 Å². The standard InChI is InChI=1S/C9H15NS2/c1-5(2)7-8(6(3)4)12-9(11)10-7/h5-6H,1-4H3,(H,10,11). The molecule has 0 bridgehead atoms. The summed E-state index contributed by atoms with van der Waals surface area (Å²) in [5.41, 5.74) is 1.32. The van der Waals surface area contributed by atoms with Crippen molar-refractivity contribution in [2.45, 2.75) is 39.5 Å². The van der Waals surface area contributed by atoms with Crippen LogP contribution in [0.2, 0.25) is 0 Å².